The molecule has 172 valence electrons. The highest BCUT2D eigenvalue weighted by Gasteiger charge is 2.28. The molecule has 2 fully saturated rings. The molecule has 1 aliphatic carbocycles. The molecule has 3 aromatic heterocycles. The van der Waals surface area contributed by atoms with Crippen LogP contribution in [0.5, 0.6) is 0 Å². The molecule has 5 rings (SSSR count). The molecule has 0 spiro atoms. The lowest BCUT2D eigenvalue weighted by Crippen LogP contribution is -2.45. The quantitative estimate of drug-likeness (QED) is 0.602. The zero-order valence-corrected chi connectivity index (χ0v) is 18.6. The molecular formula is C23H26N6O4. The summed E-state index contributed by atoms with van der Waals surface area (Å²) < 4.78 is 7.27. The molecule has 0 radical (unpaired) electrons. The van der Waals surface area contributed by atoms with E-state index in [4.69, 9.17) is 4.74 Å². The molecule has 4 heterocycles. The van der Waals surface area contributed by atoms with Gasteiger partial charge in [0.2, 0.25) is 0 Å². The van der Waals surface area contributed by atoms with Crippen LogP contribution in [0.2, 0.25) is 0 Å². The number of aromatic amines is 1. The number of nitrogens with one attached hydrogen (secondary N) is 2. The van der Waals surface area contributed by atoms with E-state index in [1.165, 1.54) is 16.8 Å². The van der Waals surface area contributed by atoms with Crippen molar-refractivity contribution in [3.63, 3.8) is 0 Å². The van der Waals surface area contributed by atoms with Gasteiger partial charge in [-0.2, -0.15) is 0 Å². The Bertz CT molecular complexity index is 1300. The Hall–Kier alpha value is -3.53. The smallest absolute Gasteiger partial charge is 0.330 e. The van der Waals surface area contributed by atoms with Crippen LogP contribution < -0.4 is 21.5 Å². The number of ether oxygens (including phenoxy) is 1. The van der Waals surface area contributed by atoms with Crippen LogP contribution in [0.3, 0.4) is 0 Å². The Balaban J connectivity index is 1.28. The van der Waals surface area contributed by atoms with Crippen molar-refractivity contribution in [3.8, 4) is 0 Å². The first-order chi connectivity index (χ1) is 15.9. The Morgan fingerprint density at radius 3 is 2.58 bits per heavy atom. The minimum atomic E-state index is -0.541. The van der Waals surface area contributed by atoms with Gasteiger partial charge >= 0.3 is 5.69 Å². The number of H-pyrrole nitrogens is 1. The molecule has 0 bridgehead atoms. The van der Waals surface area contributed by atoms with Crippen molar-refractivity contribution in [1.29, 1.82) is 0 Å². The summed E-state index contributed by atoms with van der Waals surface area (Å²) in [6.45, 7) is 5.96. The average Bonchev–Trinajstić information content (AvgIpc) is 3.62. The molecule has 2 unspecified atom stereocenters. The summed E-state index contributed by atoms with van der Waals surface area (Å²) >= 11 is 0. The van der Waals surface area contributed by atoms with Crippen molar-refractivity contribution in [2.45, 2.75) is 51.5 Å². The third-order valence-corrected chi connectivity index (χ3v) is 5.96. The van der Waals surface area contributed by atoms with Gasteiger partial charge in [-0.25, -0.2) is 14.8 Å². The highest BCUT2D eigenvalue weighted by Crippen LogP contribution is 2.34. The molecular weight excluding hydrogens is 424 g/mol. The van der Waals surface area contributed by atoms with Gasteiger partial charge in [-0.15, -0.1) is 0 Å². The maximum absolute atomic E-state index is 12.7. The summed E-state index contributed by atoms with van der Waals surface area (Å²) in [5.74, 6) is 0.527. The zero-order chi connectivity index (χ0) is 23.1. The molecule has 2 N–H and O–H groups in total. The predicted molar refractivity (Wildman–Crippen MR) is 123 cm³/mol. The van der Waals surface area contributed by atoms with Gasteiger partial charge in [0.1, 0.15) is 11.5 Å². The van der Waals surface area contributed by atoms with Crippen LogP contribution in [-0.4, -0.2) is 50.7 Å². The molecule has 10 nitrogen and oxygen atoms in total. The Labute approximate surface area is 189 Å². The second kappa shape index (κ2) is 8.43. The molecule has 1 amide bonds. The summed E-state index contributed by atoms with van der Waals surface area (Å²) in [5.41, 5.74) is 0.428. The minimum absolute atomic E-state index is 0.0587. The third kappa shape index (κ3) is 4.38. The number of aromatic nitrogens is 4. The van der Waals surface area contributed by atoms with E-state index >= 15 is 0 Å². The second-order valence-electron chi connectivity index (χ2n) is 8.83. The standard InChI is InChI=1S/C23H26N6O4/c1-13-11-28(12-14(2)33-13)19-6-3-15(8-24-19)9-26-21(30)16-7-18-20(25-10-16)29(17-4-5-17)23(32)27-22(18)31/h3,6-8,10,13-14,17H,4-5,9,11-12H2,1-2H3,(H,26,30)(H,27,31,32). The summed E-state index contributed by atoms with van der Waals surface area (Å²) in [4.78, 5) is 50.5. The van der Waals surface area contributed by atoms with Gasteiger partial charge in [0.25, 0.3) is 11.5 Å². The number of carbonyl (C=O) groups is 1. The van der Waals surface area contributed by atoms with Gasteiger partial charge in [0, 0.05) is 38.1 Å². The fraction of sp³-hybridized carbons (Fsp3) is 0.435. The van der Waals surface area contributed by atoms with Crippen molar-refractivity contribution < 1.29 is 9.53 Å². The maximum atomic E-state index is 12.7. The summed E-state index contributed by atoms with van der Waals surface area (Å²) in [6, 6.07) is 5.42. The number of anilines is 1. The SMILES string of the molecule is CC1CN(c2ccc(CNC(=O)c3cnc4c(c3)c(=O)[nH]c(=O)n4C3CC3)cn2)CC(C)O1. The van der Waals surface area contributed by atoms with Crippen molar-refractivity contribution >= 4 is 22.8 Å². The lowest BCUT2D eigenvalue weighted by atomic mass is 10.2. The zero-order valence-electron chi connectivity index (χ0n) is 18.6. The summed E-state index contributed by atoms with van der Waals surface area (Å²) in [6.07, 6.45) is 5.20. The van der Waals surface area contributed by atoms with Gasteiger partial charge in [-0.3, -0.25) is 19.1 Å². The second-order valence-corrected chi connectivity index (χ2v) is 8.83. The first-order valence-corrected chi connectivity index (χ1v) is 11.2. The molecule has 1 saturated carbocycles. The van der Waals surface area contributed by atoms with Gasteiger partial charge in [0.15, 0.2) is 0 Å². The van der Waals surface area contributed by atoms with E-state index in [2.05, 4.69) is 25.2 Å². The van der Waals surface area contributed by atoms with E-state index in [0.717, 1.165) is 37.3 Å². The van der Waals surface area contributed by atoms with Crippen LogP contribution >= 0.6 is 0 Å². The van der Waals surface area contributed by atoms with Gasteiger partial charge in [-0.05, 0) is 44.4 Å². The number of hydrogen-bond acceptors (Lipinski definition) is 7. The van der Waals surface area contributed by atoms with Crippen molar-refractivity contribution in [2.24, 2.45) is 0 Å². The van der Waals surface area contributed by atoms with E-state index < -0.39 is 11.2 Å². The number of nitrogens with zero attached hydrogens (tertiary/aromatic N) is 4. The molecule has 1 saturated heterocycles. The van der Waals surface area contributed by atoms with Crippen molar-refractivity contribution in [3.05, 3.63) is 62.6 Å². The molecule has 2 atom stereocenters. The van der Waals surface area contributed by atoms with E-state index in [1.807, 2.05) is 26.0 Å². The first kappa shape index (κ1) is 21.3. The number of hydrogen-bond donors (Lipinski definition) is 2. The van der Waals surface area contributed by atoms with Crippen LogP contribution in [0, 0.1) is 0 Å². The monoisotopic (exact) mass is 450 g/mol. The van der Waals surface area contributed by atoms with Crippen LogP contribution in [0.15, 0.2) is 40.2 Å². The number of fused-ring (bicyclic) bond motifs is 1. The number of rotatable bonds is 5. The number of pyridine rings is 2. The third-order valence-electron chi connectivity index (χ3n) is 5.96. The van der Waals surface area contributed by atoms with Gasteiger partial charge in [-0.1, -0.05) is 6.07 Å². The summed E-state index contributed by atoms with van der Waals surface area (Å²) in [7, 11) is 0. The highest BCUT2D eigenvalue weighted by atomic mass is 16.5. The molecule has 1 aliphatic heterocycles. The fourth-order valence-electron chi connectivity index (χ4n) is 4.29. The van der Waals surface area contributed by atoms with Crippen LogP contribution in [0.1, 0.15) is 48.7 Å². The lowest BCUT2D eigenvalue weighted by molar-refractivity contribution is -0.00546. The molecule has 33 heavy (non-hydrogen) atoms. The van der Waals surface area contributed by atoms with Crippen LogP contribution in [0.25, 0.3) is 11.0 Å². The molecule has 3 aromatic rings. The van der Waals surface area contributed by atoms with E-state index in [9.17, 15) is 14.4 Å². The molecule has 2 aliphatic rings. The van der Waals surface area contributed by atoms with Crippen molar-refractivity contribution in [1.82, 2.24) is 24.8 Å². The normalized spacial score (nSPS) is 20.7. The average molecular weight is 450 g/mol. The molecule has 10 heteroatoms. The Kier molecular flexibility index (Phi) is 5.45. The van der Waals surface area contributed by atoms with E-state index in [1.54, 1.807) is 6.20 Å². The Morgan fingerprint density at radius 2 is 1.91 bits per heavy atom. The number of carbonyl (C=O) groups excluding carboxylic acids is 1. The molecule has 0 aromatic carbocycles. The van der Waals surface area contributed by atoms with Gasteiger partial charge in [0.05, 0.1) is 23.2 Å². The minimum Gasteiger partial charge on any atom is -0.372 e. The fourth-order valence-corrected chi connectivity index (χ4v) is 4.29. The van der Waals surface area contributed by atoms with Crippen LogP contribution in [-0.2, 0) is 11.3 Å². The Morgan fingerprint density at radius 1 is 1.15 bits per heavy atom. The number of morpholine rings is 1. The number of amides is 1. The van der Waals surface area contributed by atoms with Crippen molar-refractivity contribution in [2.75, 3.05) is 18.0 Å². The lowest BCUT2D eigenvalue weighted by Gasteiger charge is -2.36. The summed E-state index contributed by atoms with van der Waals surface area (Å²) in [5, 5.41) is 3.07. The largest absolute Gasteiger partial charge is 0.372 e. The van der Waals surface area contributed by atoms with E-state index in [-0.39, 0.29) is 41.7 Å². The first-order valence-electron chi connectivity index (χ1n) is 11.2. The highest BCUT2D eigenvalue weighted by molar-refractivity contribution is 5.96. The topological polar surface area (TPSA) is 122 Å². The van der Waals surface area contributed by atoms with E-state index in [0.29, 0.717) is 5.65 Å². The van der Waals surface area contributed by atoms with Crippen LogP contribution in [0.4, 0.5) is 5.82 Å². The van der Waals surface area contributed by atoms with Gasteiger partial charge < -0.3 is 15.0 Å². The maximum Gasteiger partial charge on any atom is 0.330 e. The predicted octanol–water partition coefficient (Wildman–Crippen LogP) is 1.36.